The molecule has 0 fully saturated rings. The Balaban J connectivity index is 3.22. The summed E-state index contributed by atoms with van der Waals surface area (Å²) >= 11 is 0. The molecule has 0 rings (SSSR count). The van der Waals surface area contributed by atoms with E-state index in [-0.39, 0.29) is 12.6 Å². The van der Waals surface area contributed by atoms with Gasteiger partial charge in [-0.2, -0.15) is 0 Å². The van der Waals surface area contributed by atoms with Crippen LogP contribution in [-0.4, -0.2) is 49.2 Å². The van der Waals surface area contributed by atoms with Crippen LogP contribution in [0.5, 0.6) is 0 Å². The highest BCUT2D eigenvalue weighted by Crippen LogP contribution is 1.83. The third-order valence-electron chi connectivity index (χ3n) is 1.33. The lowest BCUT2D eigenvalue weighted by Crippen LogP contribution is -2.37. The Morgan fingerprint density at radius 3 is 2.64 bits per heavy atom. The average Bonchev–Trinajstić information content (AvgIpc) is 2.01. The Kier molecular flexibility index (Phi) is 6.45. The van der Waals surface area contributed by atoms with Gasteiger partial charge in [0.2, 0.25) is 0 Å². The Morgan fingerprint density at radius 1 is 1.55 bits per heavy atom. The van der Waals surface area contributed by atoms with Crippen molar-refractivity contribution in [1.29, 1.82) is 0 Å². The number of methoxy groups -OCH3 is 1. The monoisotopic (exact) mass is 163 g/mol. The van der Waals surface area contributed by atoms with E-state index in [9.17, 15) is 0 Å². The smallest absolute Gasteiger partial charge is 0.0895 e. The van der Waals surface area contributed by atoms with E-state index < -0.39 is 6.10 Å². The summed E-state index contributed by atoms with van der Waals surface area (Å²) in [5.41, 5.74) is 0. The van der Waals surface area contributed by atoms with Crippen LogP contribution >= 0.6 is 0 Å². The number of aliphatic hydroxyl groups excluding tert-OH is 2. The average molecular weight is 163 g/mol. The molecular weight excluding hydrogens is 146 g/mol. The van der Waals surface area contributed by atoms with Crippen molar-refractivity contribution in [2.24, 2.45) is 0 Å². The minimum atomic E-state index is -0.672. The van der Waals surface area contributed by atoms with Crippen molar-refractivity contribution in [3.8, 4) is 0 Å². The van der Waals surface area contributed by atoms with Gasteiger partial charge in [-0.3, -0.25) is 0 Å². The van der Waals surface area contributed by atoms with E-state index in [4.69, 9.17) is 14.9 Å². The number of hydrogen-bond donors (Lipinski definition) is 3. The van der Waals surface area contributed by atoms with Gasteiger partial charge in [0, 0.05) is 19.7 Å². The van der Waals surface area contributed by atoms with Crippen molar-refractivity contribution >= 4 is 0 Å². The second-order valence-electron chi connectivity index (χ2n) is 2.60. The Bertz CT molecular complexity index is 89.8. The Labute approximate surface area is 67.2 Å². The fourth-order valence-corrected chi connectivity index (χ4v) is 0.711. The second-order valence-corrected chi connectivity index (χ2v) is 2.60. The molecule has 0 aromatic rings. The van der Waals surface area contributed by atoms with E-state index in [1.54, 1.807) is 7.11 Å². The molecule has 2 atom stereocenters. The van der Waals surface area contributed by atoms with Crippen molar-refractivity contribution in [3.63, 3.8) is 0 Å². The van der Waals surface area contributed by atoms with Crippen molar-refractivity contribution in [2.75, 3.05) is 26.9 Å². The predicted octanol–water partition coefficient (Wildman–Crippen LogP) is -1.04. The normalized spacial score (nSPS) is 16.4. The summed E-state index contributed by atoms with van der Waals surface area (Å²) in [6, 6.07) is 0.209. The molecule has 68 valence electrons. The topological polar surface area (TPSA) is 61.7 Å². The lowest BCUT2D eigenvalue weighted by atomic mass is 10.3. The SMILES string of the molecule is COCC(C)NC[C@H](O)CO. The van der Waals surface area contributed by atoms with E-state index >= 15 is 0 Å². The molecule has 0 saturated heterocycles. The largest absolute Gasteiger partial charge is 0.394 e. The van der Waals surface area contributed by atoms with E-state index in [2.05, 4.69) is 5.32 Å². The lowest BCUT2D eigenvalue weighted by molar-refractivity contribution is 0.0870. The number of hydrogen-bond acceptors (Lipinski definition) is 4. The minimum Gasteiger partial charge on any atom is -0.394 e. The molecule has 4 heteroatoms. The molecule has 0 bridgehead atoms. The molecule has 1 unspecified atom stereocenters. The zero-order valence-electron chi connectivity index (χ0n) is 7.08. The maximum atomic E-state index is 8.92. The highest BCUT2D eigenvalue weighted by Gasteiger charge is 2.04. The van der Waals surface area contributed by atoms with Crippen LogP contribution in [0.2, 0.25) is 0 Å². The van der Waals surface area contributed by atoms with Gasteiger partial charge in [0.15, 0.2) is 0 Å². The third-order valence-corrected chi connectivity index (χ3v) is 1.33. The van der Waals surface area contributed by atoms with Gasteiger partial charge < -0.3 is 20.3 Å². The maximum absolute atomic E-state index is 8.92. The fourth-order valence-electron chi connectivity index (χ4n) is 0.711. The first-order chi connectivity index (χ1) is 5.20. The van der Waals surface area contributed by atoms with E-state index in [1.165, 1.54) is 0 Å². The van der Waals surface area contributed by atoms with Gasteiger partial charge in [-0.05, 0) is 6.92 Å². The first-order valence-electron chi connectivity index (χ1n) is 3.72. The van der Waals surface area contributed by atoms with Crippen LogP contribution in [0.3, 0.4) is 0 Å². The molecule has 4 nitrogen and oxygen atoms in total. The first kappa shape index (κ1) is 10.8. The molecule has 0 radical (unpaired) electrons. The van der Waals surface area contributed by atoms with E-state index in [1.807, 2.05) is 6.92 Å². The molecular formula is C7H17NO3. The van der Waals surface area contributed by atoms with Crippen LogP contribution in [0.15, 0.2) is 0 Å². The summed E-state index contributed by atoms with van der Waals surface area (Å²) in [6.45, 7) is 2.76. The zero-order chi connectivity index (χ0) is 8.69. The molecule has 11 heavy (non-hydrogen) atoms. The summed E-state index contributed by atoms with van der Waals surface area (Å²) in [5.74, 6) is 0. The first-order valence-corrected chi connectivity index (χ1v) is 3.72. The van der Waals surface area contributed by atoms with Gasteiger partial charge in [0.25, 0.3) is 0 Å². The van der Waals surface area contributed by atoms with Crippen molar-refractivity contribution in [3.05, 3.63) is 0 Å². The van der Waals surface area contributed by atoms with Crippen LogP contribution in [0.1, 0.15) is 6.92 Å². The Morgan fingerprint density at radius 2 is 2.18 bits per heavy atom. The number of rotatable bonds is 6. The highest BCUT2D eigenvalue weighted by atomic mass is 16.5. The zero-order valence-corrected chi connectivity index (χ0v) is 7.08. The molecule has 0 aromatic heterocycles. The standard InChI is InChI=1S/C7H17NO3/c1-6(5-11-2)8-3-7(10)4-9/h6-10H,3-5H2,1-2H3/t6?,7-/m0/s1. The van der Waals surface area contributed by atoms with E-state index in [0.29, 0.717) is 13.2 Å². The minimum absolute atomic E-state index is 0.202. The van der Waals surface area contributed by atoms with Gasteiger partial charge in [0.1, 0.15) is 0 Å². The molecule has 0 heterocycles. The number of nitrogens with one attached hydrogen (secondary N) is 1. The van der Waals surface area contributed by atoms with Crippen LogP contribution < -0.4 is 5.32 Å². The summed E-state index contributed by atoms with van der Waals surface area (Å²) in [6.07, 6.45) is -0.672. The van der Waals surface area contributed by atoms with Crippen molar-refractivity contribution < 1.29 is 14.9 Å². The van der Waals surface area contributed by atoms with Gasteiger partial charge in [0.05, 0.1) is 19.3 Å². The molecule has 3 N–H and O–H groups in total. The van der Waals surface area contributed by atoms with Crippen LogP contribution in [0.25, 0.3) is 0 Å². The van der Waals surface area contributed by atoms with Crippen molar-refractivity contribution in [2.45, 2.75) is 19.1 Å². The van der Waals surface area contributed by atoms with Crippen LogP contribution in [0.4, 0.5) is 0 Å². The summed E-state index contributed by atoms with van der Waals surface area (Å²) < 4.78 is 4.86. The quantitative estimate of drug-likeness (QED) is 0.468. The highest BCUT2D eigenvalue weighted by molar-refractivity contribution is 4.63. The molecule has 0 saturated carbocycles. The molecule has 0 aliphatic carbocycles. The Hall–Kier alpha value is -0.160. The van der Waals surface area contributed by atoms with E-state index in [0.717, 1.165) is 0 Å². The van der Waals surface area contributed by atoms with Gasteiger partial charge >= 0.3 is 0 Å². The van der Waals surface area contributed by atoms with Gasteiger partial charge in [-0.1, -0.05) is 0 Å². The third kappa shape index (κ3) is 6.25. The predicted molar refractivity (Wildman–Crippen MR) is 42.4 cm³/mol. The summed E-state index contributed by atoms with van der Waals surface area (Å²) in [4.78, 5) is 0. The molecule has 0 aliphatic rings. The molecule has 0 amide bonds. The fraction of sp³-hybridized carbons (Fsp3) is 1.00. The summed E-state index contributed by atoms with van der Waals surface area (Å²) in [7, 11) is 1.63. The summed E-state index contributed by atoms with van der Waals surface area (Å²) in [5, 5.41) is 20.4. The maximum Gasteiger partial charge on any atom is 0.0895 e. The molecule has 0 spiro atoms. The second kappa shape index (κ2) is 6.54. The lowest BCUT2D eigenvalue weighted by Gasteiger charge is -2.14. The molecule has 0 aliphatic heterocycles. The number of aliphatic hydroxyl groups is 2. The van der Waals surface area contributed by atoms with Crippen LogP contribution in [0, 0.1) is 0 Å². The van der Waals surface area contributed by atoms with Crippen LogP contribution in [-0.2, 0) is 4.74 Å². The van der Waals surface area contributed by atoms with Gasteiger partial charge in [-0.25, -0.2) is 0 Å². The van der Waals surface area contributed by atoms with Gasteiger partial charge in [-0.15, -0.1) is 0 Å². The molecule has 0 aromatic carbocycles. The number of ether oxygens (including phenoxy) is 1. The van der Waals surface area contributed by atoms with Crippen molar-refractivity contribution in [1.82, 2.24) is 5.32 Å².